The highest BCUT2D eigenvalue weighted by Gasteiger charge is 2.30. The highest BCUT2D eigenvalue weighted by atomic mass is 14.3. The summed E-state index contributed by atoms with van der Waals surface area (Å²) in [4.78, 5) is 0. The van der Waals surface area contributed by atoms with Crippen molar-refractivity contribution < 1.29 is 0 Å². The van der Waals surface area contributed by atoms with E-state index in [-0.39, 0.29) is 0 Å². The lowest BCUT2D eigenvalue weighted by Gasteiger charge is -2.36. The summed E-state index contributed by atoms with van der Waals surface area (Å²) in [6.45, 7) is 11.8. The summed E-state index contributed by atoms with van der Waals surface area (Å²) in [6.07, 6.45) is 24.0. The fourth-order valence-corrected chi connectivity index (χ4v) is 5.71. The minimum Gasteiger partial charge on any atom is -0.0850 e. The molecule has 4 unspecified atom stereocenters. The molecule has 154 valence electrons. The molecule has 0 nitrogen and oxygen atoms in total. The first-order valence-electron chi connectivity index (χ1n) is 11.9. The van der Waals surface area contributed by atoms with E-state index in [2.05, 4.69) is 65.0 Å². The van der Waals surface area contributed by atoms with E-state index in [1.165, 1.54) is 57.8 Å². The second kappa shape index (κ2) is 9.95. The van der Waals surface area contributed by atoms with Crippen LogP contribution >= 0.6 is 0 Å². The second-order valence-electron chi connectivity index (χ2n) is 9.88. The largest absolute Gasteiger partial charge is 0.0850 e. The Morgan fingerprint density at radius 3 is 2.43 bits per heavy atom. The fourth-order valence-electron chi connectivity index (χ4n) is 5.71. The molecule has 0 aromatic carbocycles. The third kappa shape index (κ3) is 5.40. The Bertz CT molecular complexity index is 694. The molecular formula is C28H42. The number of rotatable bonds is 5. The standard InChI is InChI=1S/C28H42/c1-6-24(25-12-7-20(2)8-13-25)16-11-22(4)28-18-17-27(19-23(28)5)26-14-9-21(3)10-15-26/h7,9,11,14,16,23,25,27-28H,6,8,10,12-13,15,17-19H2,1-5H3. The fraction of sp³-hybridized carbons (Fsp3) is 0.643. The summed E-state index contributed by atoms with van der Waals surface area (Å²) in [7, 11) is 0. The zero-order chi connectivity index (χ0) is 20.1. The van der Waals surface area contributed by atoms with E-state index in [0.717, 1.165) is 23.7 Å². The Kier molecular flexibility index (Phi) is 7.61. The van der Waals surface area contributed by atoms with Crippen molar-refractivity contribution in [2.24, 2.45) is 23.7 Å². The third-order valence-electron chi connectivity index (χ3n) is 7.80. The topological polar surface area (TPSA) is 0 Å². The van der Waals surface area contributed by atoms with Gasteiger partial charge in [-0.3, -0.25) is 0 Å². The molecule has 3 rings (SSSR count). The first-order valence-corrected chi connectivity index (χ1v) is 11.9. The first kappa shape index (κ1) is 21.4. The van der Waals surface area contributed by atoms with Crippen LogP contribution in [0.4, 0.5) is 0 Å². The van der Waals surface area contributed by atoms with Gasteiger partial charge in [0.05, 0.1) is 0 Å². The summed E-state index contributed by atoms with van der Waals surface area (Å²) >= 11 is 0. The van der Waals surface area contributed by atoms with Gasteiger partial charge in [-0.25, -0.2) is 0 Å². The highest BCUT2D eigenvalue weighted by molar-refractivity contribution is 5.26. The van der Waals surface area contributed by atoms with Crippen LogP contribution < -0.4 is 0 Å². The zero-order valence-corrected chi connectivity index (χ0v) is 19.1. The van der Waals surface area contributed by atoms with Crippen LogP contribution in [0.1, 0.15) is 92.4 Å². The molecule has 0 heteroatoms. The van der Waals surface area contributed by atoms with Crippen LogP contribution in [0.3, 0.4) is 0 Å². The molecule has 4 atom stereocenters. The Balaban J connectivity index is 1.61. The quantitative estimate of drug-likeness (QED) is 0.331. The molecule has 0 heterocycles. The molecule has 0 aliphatic heterocycles. The number of hydrogen-bond donors (Lipinski definition) is 0. The predicted molar refractivity (Wildman–Crippen MR) is 124 cm³/mol. The summed E-state index contributed by atoms with van der Waals surface area (Å²) in [5.41, 5.74) is 8.15. The van der Waals surface area contributed by atoms with Crippen LogP contribution in [0.2, 0.25) is 0 Å². The molecule has 28 heavy (non-hydrogen) atoms. The average Bonchev–Trinajstić information content (AvgIpc) is 2.70. The summed E-state index contributed by atoms with van der Waals surface area (Å²) in [5, 5.41) is 0. The molecular weight excluding hydrogens is 336 g/mol. The van der Waals surface area contributed by atoms with Crippen LogP contribution in [0.15, 0.2) is 58.2 Å². The molecule has 1 saturated carbocycles. The lowest BCUT2D eigenvalue weighted by atomic mass is 9.69. The minimum absolute atomic E-state index is 0.778. The monoisotopic (exact) mass is 378 g/mol. The lowest BCUT2D eigenvalue weighted by molar-refractivity contribution is 0.240. The molecule has 0 amide bonds. The van der Waals surface area contributed by atoms with Crippen molar-refractivity contribution >= 4 is 0 Å². The highest BCUT2D eigenvalue weighted by Crippen LogP contribution is 2.42. The molecule has 0 N–H and O–H groups in total. The van der Waals surface area contributed by atoms with Crippen LogP contribution in [-0.4, -0.2) is 0 Å². The first-order chi connectivity index (χ1) is 13.5. The molecule has 1 fully saturated rings. The SMILES string of the molecule is CCC(=CC=C(C)C1CCC(C2=CC=C(C)CC2)CC1C)C1CC=C(C)CC1. The van der Waals surface area contributed by atoms with Gasteiger partial charge in [-0.05, 0) is 102 Å². The number of allylic oxidation sites excluding steroid dienone is 10. The normalized spacial score (nSPS) is 32.5. The van der Waals surface area contributed by atoms with Crippen LogP contribution in [0.25, 0.3) is 0 Å². The third-order valence-corrected chi connectivity index (χ3v) is 7.80. The maximum absolute atomic E-state index is 2.50. The average molecular weight is 379 g/mol. The molecule has 3 aliphatic rings. The van der Waals surface area contributed by atoms with E-state index in [4.69, 9.17) is 0 Å². The zero-order valence-electron chi connectivity index (χ0n) is 19.1. The predicted octanol–water partition coefficient (Wildman–Crippen LogP) is 8.73. The van der Waals surface area contributed by atoms with Gasteiger partial charge in [0.15, 0.2) is 0 Å². The van der Waals surface area contributed by atoms with Crippen molar-refractivity contribution in [2.45, 2.75) is 92.4 Å². The van der Waals surface area contributed by atoms with Crippen LogP contribution in [0.5, 0.6) is 0 Å². The summed E-state index contributed by atoms with van der Waals surface area (Å²) in [6, 6.07) is 0. The van der Waals surface area contributed by atoms with Crippen molar-refractivity contribution in [3.8, 4) is 0 Å². The van der Waals surface area contributed by atoms with E-state index in [1.54, 1.807) is 27.9 Å². The Labute approximate surface area is 174 Å². The molecule has 0 aromatic rings. The van der Waals surface area contributed by atoms with Gasteiger partial charge in [0.25, 0.3) is 0 Å². The Morgan fingerprint density at radius 1 is 1.00 bits per heavy atom. The van der Waals surface area contributed by atoms with Gasteiger partial charge in [-0.15, -0.1) is 0 Å². The van der Waals surface area contributed by atoms with Crippen molar-refractivity contribution in [2.75, 3.05) is 0 Å². The maximum atomic E-state index is 2.50. The molecule has 0 radical (unpaired) electrons. The van der Waals surface area contributed by atoms with Gasteiger partial charge in [0.1, 0.15) is 0 Å². The summed E-state index contributed by atoms with van der Waals surface area (Å²) < 4.78 is 0. The molecule has 0 saturated heterocycles. The smallest absolute Gasteiger partial charge is 0.0162 e. The van der Waals surface area contributed by atoms with E-state index < -0.39 is 0 Å². The van der Waals surface area contributed by atoms with Gasteiger partial charge in [0, 0.05) is 0 Å². The van der Waals surface area contributed by atoms with Gasteiger partial charge < -0.3 is 0 Å². The number of hydrogen-bond acceptors (Lipinski definition) is 0. The van der Waals surface area contributed by atoms with Gasteiger partial charge in [-0.1, -0.05) is 72.1 Å². The van der Waals surface area contributed by atoms with Crippen LogP contribution in [0, 0.1) is 23.7 Å². The lowest BCUT2D eigenvalue weighted by Crippen LogP contribution is -2.25. The molecule has 0 spiro atoms. The molecule has 3 aliphatic carbocycles. The maximum Gasteiger partial charge on any atom is -0.0162 e. The van der Waals surface area contributed by atoms with E-state index in [0.29, 0.717) is 0 Å². The van der Waals surface area contributed by atoms with E-state index >= 15 is 0 Å². The summed E-state index contributed by atoms with van der Waals surface area (Å²) in [5.74, 6) is 3.20. The van der Waals surface area contributed by atoms with E-state index in [1.807, 2.05) is 0 Å². The second-order valence-corrected chi connectivity index (χ2v) is 9.88. The Hall–Kier alpha value is -1.30. The van der Waals surface area contributed by atoms with Crippen molar-refractivity contribution in [3.05, 3.63) is 58.2 Å². The molecule has 0 bridgehead atoms. The minimum atomic E-state index is 0.778. The van der Waals surface area contributed by atoms with E-state index in [9.17, 15) is 0 Å². The van der Waals surface area contributed by atoms with Crippen molar-refractivity contribution in [1.29, 1.82) is 0 Å². The van der Waals surface area contributed by atoms with Gasteiger partial charge in [-0.2, -0.15) is 0 Å². The Morgan fingerprint density at radius 2 is 1.82 bits per heavy atom. The van der Waals surface area contributed by atoms with Crippen molar-refractivity contribution in [3.63, 3.8) is 0 Å². The molecule has 0 aromatic heterocycles. The van der Waals surface area contributed by atoms with Gasteiger partial charge >= 0.3 is 0 Å². The van der Waals surface area contributed by atoms with Crippen molar-refractivity contribution in [1.82, 2.24) is 0 Å². The van der Waals surface area contributed by atoms with Crippen LogP contribution in [-0.2, 0) is 0 Å². The van der Waals surface area contributed by atoms with Gasteiger partial charge in [0.2, 0.25) is 0 Å².